The number of hydrogen-bond acceptors (Lipinski definition) is 3. The van der Waals surface area contributed by atoms with Crippen LogP contribution in [0.4, 0.5) is 0 Å². The van der Waals surface area contributed by atoms with Crippen LogP contribution < -0.4 is 4.74 Å². The van der Waals surface area contributed by atoms with Crippen molar-refractivity contribution in [3.63, 3.8) is 0 Å². The molecule has 3 rings (SSSR count). The van der Waals surface area contributed by atoms with E-state index in [-0.39, 0.29) is 0 Å². The molecule has 2 fully saturated rings. The van der Waals surface area contributed by atoms with Crippen molar-refractivity contribution >= 4 is 0 Å². The highest BCUT2D eigenvalue weighted by atomic mass is 16.5. The fraction of sp³-hybridized carbons (Fsp3) is 0.625. The number of likely N-dealkylation sites (tertiary alicyclic amines) is 2. The molecular formula is C16H24N2O. The van der Waals surface area contributed by atoms with Crippen molar-refractivity contribution in [2.45, 2.75) is 31.4 Å². The van der Waals surface area contributed by atoms with Gasteiger partial charge in [0.1, 0.15) is 11.9 Å². The van der Waals surface area contributed by atoms with E-state index in [1.165, 1.54) is 38.9 Å². The monoisotopic (exact) mass is 260 g/mol. The van der Waals surface area contributed by atoms with Gasteiger partial charge in [-0.2, -0.15) is 0 Å². The van der Waals surface area contributed by atoms with Gasteiger partial charge in [0, 0.05) is 19.1 Å². The number of nitrogens with zero attached hydrogens (tertiary/aromatic N) is 2. The average Bonchev–Trinajstić information content (AvgIpc) is 2.89. The molecular weight excluding hydrogens is 236 g/mol. The Morgan fingerprint density at radius 2 is 1.74 bits per heavy atom. The molecule has 0 spiro atoms. The van der Waals surface area contributed by atoms with Crippen molar-refractivity contribution < 1.29 is 4.74 Å². The molecule has 1 aromatic rings. The first kappa shape index (κ1) is 12.9. The Kier molecular flexibility index (Phi) is 4.04. The number of hydrogen-bond donors (Lipinski definition) is 0. The molecule has 0 aliphatic carbocycles. The van der Waals surface area contributed by atoms with Gasteiger partial charge in [-0.1, -0.05) is 18.2 Å². The van der Waals surface area contributed by atoms with Crippen molar-refractivity contribution in [3.8, 4) is 5.75 Å². The Morgan fingerprint density at radius 3 is 2.47 bits per heavy atom. The van der Waals surface area contributed by atoms with E-state index in [2.05, 4.69) is 29.0 Å². The van der Waals surface area contributed by atoms with Crippen LogP contribution in [0.25, 0.3) is 0 Å². The van der Waals surface area contributed by atoms with Gasteiger partial charge in [-0.25, -0.2) is 0 Å². The summed E-state index contributed by atoms with van der Waals surface area (Å²) in [4.78, 5) is 5.07. The quantitative estimate of drug-likeness (QED) is 0.829. The third kappa shape index (κ3) is 3.28. The van der Waals surface area contributed by atoms with E-state index < -0.39 is 0 Å². The Morgan fingerprint density at radius 1 is 1.00 bits per heavy atom. The van der Waals surface area contributed by atoms with Gasteiger partial charge in [0.15, 0.2) is 0 Å². The maximum absolute atomic E-state index is 6.07. The summed E-state index contributed by atoms with van der Waals surface area (Å²) in [5, 5.41) is 0. The first-order valence-corrected chi connectivity index (χ1v) is 7.45. The number of benzene rings is 1. The second-order valence-electron chi connectivity index (χ2n) is 5.87. The van der Waals surface area contributed by atoms with Crippen LogP contribution >= 0.6 is 0 Å². The number of rotatable bonds is 3. The largest absolute Gasteiger partial charge is 0.489 e. The third-order valence-electron chi connectivity index (χ3n) is 4.43. The first-order valence-electron chi connectivity index (χ1n) is 7.45. The Balaban J connectivity index is 1.50. The topological polar surface area (TPSA) is 15.7 Å². The summed E-state index contributed by atoms with van der Waals surface area (Å²) in [6.45, 7) is 4.78. The highest BCUT2D eigenvalue weighted by Crippen LogP contribution is 2.23. The van der Waals surface area contributed by atoms with E-state index in [0.29, 0.717) is 6.10 Å². The number of ether oxygens (including phenoxy) is 1. The molecule has 2 aliphatic heterocycles. The zero-order valence-corrected chi connectivity index (χ0v) is 11.8. The zero-order chi connectivity index (χ0) is 13.1. The van der Waals surface area contributed by atoms with Crippen molar-refractivity contribution in [3.05, 3.63) is 30.3 Å². The molecule has 1 aromatic carbocycles. The molecule has 0 unspecified atom stereocenters. The first-order chi connectivity index (χ1) is 9.31. The SMILES string of the molecule is CN1CCC(N2CC[C@@H](Oc3ccccc3)C2)CC1. The minimum Gasteiger partial charge on any atom is -0.489 e. The van der Waals surface area contributed by atoms with Crippen LogP contribution in [0.15, 0.2) is 30.3 Å². The molecule has 2 saturated heterocycles. The van der Waals surface area contributed by atoms with E-state index in [1.54, 1.807) is 0 Å². The van der Waals surface area contributed by atoms with Gasteiger partial charge in [-0.3, -0.25) is 4.90 Å². The fourth-order valence-corrected chi connectivity index (χ4v) is 3.23. The summed E-state index contributed by atoms with van der Waals surface area (Å²) in [6, 6.07) is 11.0. The van der Waals surface area contributed by atoms with Crippen LogP contribution in [0.5, 0.6) is 5.75 Å². The van der Waals surface area contributed by atoms with Crippen LogP contribution in [-0.2, 0) is 0 Å². The Labute approximate surface area is 116 Å². The maximum atomic E-state index is 6.07. The molecule has 0 N–H and O–H groups in total. The van der Waals surface area contributed by atoms with Crippen LogP contribution in [0.2, 0.25) is 0 Å². The summed E-state index contributed by atoms with van der Waals surface area (Å²) < 4.78 is 6.07. The summed E-state index contributed by atoms with van der Waals surface area (Å²) in [6.07, 6.45) is 4.17. The number of para-hydroxylation sites is 1. The summed E-state index contributed by atoms with van der Waals surface area (Å²) in [5.74, 6) is 1.01. The number of piperidine rings is 1. The molecule has 19 heavy (non-hydrogen) atoms. The molecule has 0 bridgehead atoms. The Hall–Kier alpha value is -1.06. The molecule has 0 aromatic heterocycles. The van der Waals surface area contributed by atoms with E-state index >= 15 is 0 Å². The van der Waals surface area contributed by atoms with Gasteiger partial charge in [0.05, 0.1) is 0 Å². The standard InChI is InChI=1S/C16H24N2O/c1-17-10-7-14(8-11-17)18-12-9-16(13-18)19-15-5-3-2-4-6-15/h2-6,14,16H,7-13H2,1H3/t16-/m1/s1. The molecule has 0 amide bonds. The predicted octanol–water partition coefficient (Wildman–Crippen LogP) is 2.23. The lowest BCUT2D eigenvalue weighted by molar-refractivity contribution is 0.126. The average molecular weight is 260 g/mol. The second kappa shape index (κ2) is 5.93. The molecule has 104 valence electrons. The molecule has 0 saturated carbocycles. The lowest BCUT2D eigenvalue weighted by Gasteiger charge is -2.34. The lowest BCUT2D eigenvalue weighted by Crippen LogP contribution is -2.43. The zero-order valence-electron chi connectivity index (χ0n) is 11.8. The lowest BCUT2D eigenvalue weighted by atomic mass is 10.0. The van der Waals surface area contributed by atoms with Crippen LogP contribution in [0.3, 0.4) is 0 Å². The van der Waals surface area contributed by atoms with Crippen molar-refractivity contribution in [1.29, 1.82) is 0 Å². The van der Waals surface area contributed by atoms with E-state index in [9.17, 15) is 0 Å². The van der Waals surface area contributed by atoms with E-state index in [1.807, 2.05) is 18.2 Å². The van der Waals surface area contributed by atoms with Crippen LogP contribution in [-0.4, -0.2) is 55.2 Å². The highest BCUT2D eigenvalue weighted by molar-refractivity contribution is 5.21. The predicted molar refractivity (Wildman–Crippen MR) is 77.6 cm³/mol. The van der Waals surface area contributed by atoms with Crippen molar-refractivity contribution in [2.75, 3.05) is 33.2 Å². The van der Waals surface area contributed by atoms with Gasteiger partial charge in [-0.05, 0) is 51.5 Å². The second-order valence-corrected chi connectivity index (χ2v) is 5.87. The van der Waals surface area contributed by atoms with Gasteiger partial charge >= 0.3 is 0 Å². The molecule has 1 atom stereocenters. The van der Waals surface area contributed by atoms with Crippen LogP contribution in [0.1, 0.15) is 19.3 Å². The maximum Gasteiger partial charge on any atom is 0.119 e. The smallest absolute Gasteiger partial charge is 0.119 e. The third-order valence-corrected chi connectivity index (χ3v) is 4.43. The fourth-order valence-electron chi connectivity index (χ4n) is 3.23. The molecule has 3 nitrogen and oxygen atoms in total. The van der Waals surface area contributed by atoms with E-state index in [0.717, 1.165) is 18.3 Å². The molecule has 3 heteroatoms. The minimum absolute atomic E-state index is 0.377. The van der Waals surface area contributed by atoms with Gasteiger partial charge in [-0.15, -0.1) is 0 Å². The molecule has 0 radical (unpaired) electrons. The summed E-state index contributed by atoms with van der Waals surface area (Å²) in [5.41, 5.74) is 0. The van der Waals surface area contributed by atoms with Gasteiger partial charge in [0.25, 0.3) is 0 Å². The normalized spacial score (nSPS) is 26.7. The summed E-state index contributed by atoms with van der Waals surface area (Å²) in [7, 11) is 2.22. The van der Waals surface area contributed by atoms with E-state index in [4.69, 9.17) is 4.74 Å². The van der Waals surface area contributed by atoms with Gasteiger partial charge in [0.2, 0.25) is 0 Å². The molecule has 2 heterocycles. The summed E-state index contributed by atoms with van der Waals surface area (Å²) >= 11 is 0. The Bertz CT molecular complexity index is 387. The van der Waals surface area contributed by atoms with Gasteiger partial charge < -0.3 is 9.64 Å². The minimum atomic E-state index is 0.377. The van der Waals surface area contributed by atoms with Crippen molar-refractivity contribution in [2.24, 2.45) is 0 Å². The van der Waals surface area contributed by atoms with Crippen molar-refractivity contribution in [1.82, 2.24) is 9.80 Å². The van der Waals surface area contributed by atoms with Crippen LogP contribution in [0, 0.1) is 0 Å². The molecule has 2 aliphatic rings. The highest BCUT2D eigenvalue weighted by Gasteiger charge is 2.30.